The molecule has 176 valence electrons. The molecule has 3 rings (SSSR count). The molecule has 8 heteroatoms. The molecule has 0 radical (unpaired) electrons. The van der Waals surface area contributed by atoms with E-state index in [1.165, 1.54) is 11.1 Å². The predicted molar refractivity (Wildman–Crippen MR) is 140 cm³/mol. The first-order chi connectivity index (χ1) is 15.2. The highest BCUT2D eigenvalue weighted by Crippen LogP contribution is 2.23. The first-order valence-corrected chi connectivity index (χ1v) is 10.8. The quantitative estimate of drug-likeness (QED) is 0.282. The van der Waals surface area contributed by atoms with Gasteiger partial charge in [0.05, 0.1) is 33.5 Å². The van der Waals surface area contributed by atoms with E-state index >= 15 is 0 Å². The molecule has 2 N–H and O–H groups in total. The van der Waals surface area contributed by atoms with Crippen LogP contribution in [-0.2, 0) is 11.2 Å². The third-order valence-electron chi connectivity index (χ3n) is 5.51. The maximum absolute atomic E-state index is 5.55. The molecule has 0 bridgehead atoms. The van der Waals surface area contributed by atoms with Crippen molar-refractivity contribution >= 4 is 29.9 Å². The number of nitrogens with zero attached hydrogens (tertiary/aromatic N) is 2. The Kier molecular flexibility index (Phi) is 11.6. The molecule has 0 spiro atoms. The van der Waals surface area contributed by atoms with E-state index in [2.05, 4.69) is 44.8 Å². The molecule has 32 heavy (non-hydrogen) atoms. The molecule has 0 amide bonds. The topological polar surface area (TPSA) is 67.4 Å². The first kappa shape index (κ1) is 26.2. The summed E-state index contributed by atoms with van der Waals surface area (Å²) in [7, 11) is 5.19. The molecule has 0 aliphatic carbocycles. The van der Waals surface area contributed by atoms with Crippen molar-refractivity contribution in [3.8, 4) is 11.5 Å². The third-order valence-corrected chi connectivity index (χ3v) is 5.51. The van der Waals surface area contributed by atoms with E-state index < -0.39 is 0 Å². The fraction of sp³-hybridized carbons (Fsp3) is 0.458. The summed E-state index contributed by atoms with van der Waals surface area (Å²) < 4.78 is 16.2. The van der Waals surface area contributed by atoms with E-state index in [1.807, 2.05) is 24.3 Å². The standard InChI is InChI=1S/C24H34N4O3.HI/c1-25-24(26-12-11-19-5-4-6-22(17-19)30-3)27-18-23(28-13-15-31-16-14-28)20-7-9-21(29-2)10-8-20;/h4-10,17,23H,11-16,18H2,1-3H3,(H2,25,26,27);1H. The first-order valence-electron chi connectivity index (χ1n) is 10.8. The van der Waals surface area contributed by atoms with E-state index in [0.29, 0.717) is 0 Å². The number of aliphatic imine (C=N–C) groups is 1. The highest BCUT2D eigenvalue weighted by Gasteiger charge is 2.23. The molecule has 1 saturated heterocycles. The Balaban J connectivity index is 0.00000363. The molecule has 0 saturated carbocycles. The van der Waals surface area contributed by atoms with E-state index in [4.69, 9.17) is 14.2 Å². The lowest BCUT2D eigenvalue weighted by Gasteiger charge is -2.35. The summed E-state index contributed by atoms with van der Waals surface area (Å²) in [5, 5.41) is 6.92. The summed E-state index contributed by atoms with van der Waals surface area (Å²) in [6.45, 7) is 4.91. The molecule has 0 aromatic heterocycles. The second-order valence-electron chi connectivity index (χ2n) is 7.42. The normalized spacial score (nSPS) is 15.4. The van der Waals surface area contributed by atoms with Gasteiger partial charge in [-0.25, -0.2) is 0 Å². The van der Waals surface area contributed by atoms with Crippen molar-refractivity contribution in [2.45, 2.75) is 12.5 Å². The summed E-state index contributed by atoms with van der Waals surface area (Å²) in [5.41, 5.74) is 2.48. The van der Waals surface area contributed by atoms with Crippen molar-refractivity contribution in [3.05, 3.63) is 59.7 Å². The smallest absolute Gasteiger partial charge is 0.191 e. The van der Waals surface area contributed by atoms with Gasteiger partial charge in [0.25, 0.3) is 0 Å². The van der Waals surface area contributed by atoms with Gasteiger partial charge in [0.1, 0.15) is 11.5 Å². The molecule has 1 aliphatic rings. The molecule has 1 atom stereocenters. The molecule has 1 heterocycles. The Bertz CT molecular complexity index is 826. The molecule has 1 unspecified atom stereocenters. The van der Waals surface area contributed by atoms with Crippen molar-refractivity contribution in [1.29, 1.82) is 0 Å². The maximum atomic E-state index is 5.55. The fourth-order valence-electron chi connectivity index (χ4n) is 3.74. The number of hydrogen-bond acceptors (Lipinski definition) is 5. The number of rotatable bonds is 9. The van der Waals surface area contributed by atoms with Crippen LogP contribution in [0.15, 0.2) is 53.5 Å². The van der Waals surface area contributed by atoms with Crippen LogP contribution in [0.5, 0.6) is 11.5 Å². The van der Waals surface area contributed by atoms with Gasteiger partial charge in [-0.15, -0.1) is 24.0 Å². The van der Waals surface area contributed by atoms with Crippen LogP contribution in [0.1, 0.15) is 17.2 Å². The highest BCUT2D eigenvalue weighted by molar-refractivity contribution is 14.0. The van der Waals surface area contributed by atoms with Crippen LogP contribution in [0.25, 0.3) is 0 Å². The number of nitrogens with one attached hydrogen (secondary N) is 2. The van der Waals surface area contributed by atoms with Gasteiger partial charge in [-0.1, -0.05) is 24.3 Å². The van der Waals surface area contributed by atoms with Crippen LogP contribution in [-0.4, -0.2) is 71.5 Å². The zero-order chi connectivity index (χ0) is 21.9. The van der Waals surface area contributed by atoms with Gasteiger partial charge in [0.15, 0.2) is 5.96 Å². The zero-order valence-corrected chi connectivity index (χ0v) is 21.5. The predicted octanol–water partition coefficient (Wildman–Crippen LogP) is 3.10. The van der Waals surface area contributed by atoms with Gasteiger partial charge in [-0.05, 0) is 41.8 Å². The number of halogens is 1. The second-order valence-corrected chi connectivity index (χ2v) is 7.42. The number of methoxy groups -OCH3 is 2. The zero-order valence-electron chi connectivity index (χ0n) is 19.2. The van der Waals surface area contributed by atoms with E-state index in [-0.39, 0.29) is 30.0 Å². The second kappa shape index (κ2) is 14.2. The minimum absolute atomic E-state index is 0. The number of benzene rings is 2. The van der Waals surface area contributed by atoms with Crippen molar-refractivity contribution in [2.75, 3.05) is 60.7 Å². The van der Waals surface area contributed by atoms with Gasteiger partial charge in [0.2, 0.25) is 0 Å². The Morgan fingerprint density at radius 2 is 1.75 bits per heavy atom. The van der Waals surface area contributed by atoms with Crippen molar-refractivity contribution < 1.29 is 14.2 Å². The van der Waals surface area contributed by atoms with E-state index in [9.17, 15) is 0 Å². The number of hydrogen-bond donors (Lipinski definition) is 2. The fourth-order valence-corrected chi connectivity index (χ4v) is 3.74. The van der Waals surface area contributed by atoms with Gasteiger partial charge < -0.3 is 24.8 Å². The van der Waals surface area contributed by atoms with Crippen LogP contribution in [0, 0.1) is 0 Å². The van der Waals surface area contributed by atoms with Gasteiger partial charge in [0, 0.05) is 33.2 Å². The molecule has 1 fully saturated rings. The average molecular weight is 554 g/mol. The lowest BCUT2D eigenvalue weighted by molar-refractivity contribution is 0.0170. The summed E-state index contributed by atoms with van der Waals surface area (Å²) in [5.74, 6) is 2.55. The molecule has 1 aliphatic heterocycles. The van der Waals surface area contributed by atoms with Gasteiger partial charge in [-0.3, -0.25) is 9.89 Å². The van der Waals surface area contributed by atoms with Gasteiger partial charge in [-0.2, -0.15) is 0 Å². The van der Waals surface area contributed by atoms with Crippen LogP contribution < -0.4 is 20.1 Å². The van der Waals surface area contributed by atoms with Crippen molar-refractivity contribution in [1.82, 2.24) is 15.5 Å². The Labute approximate surface area is 208 Å². The molecular formula is C24H35IN4O3. The molecular weight excluding hydrogens is 519 g/mol. The van der Waals surface area contributed by atoms with Crippen LogP contribution in [0.2, 0.25) is 0 Å². The molecule has 7 nitrogen and oxygen atoms in total. The maximum Gasteiger partial charge on any atom is 0.191 e. The van der Waals surface area contributed by atoms with Crippen LogP contribution in [0.4, 0.5) is 0 Å². The van der Waals surface area contributed by atoms with Crippen LogP contribution in [0.3, 0.4) is 0 Å². The van der Waals surface area contributed by atoms with Crippen molar-refractivity contribution in [3.63, 3.8) is 0 Å². The van der Waals surface area contributed by atoms with E-state index in [0.717, 1.165) is 63.3 Å². The number of guanidine groups is 1. The van der Waals surface area contributed by atoms with E-state index in [1.54, 1.807) is 21.3 Å². The summed E-state index contributed by atoms with van der Waals surface area (Å²) in [6, 6.07) is 16.7. The monoisotopic (exact) mass is 554 g/mol. The average Bonchev–Trinajstić information content (AvgIpc) is 2.84. The SMILES string of the molecule is CN=C(NCCc1cccc(OC)c1)NCC(c1ccc(OC)cc1)N1CCOCC1.I. The summed E-state index contributed by atoms with van der Waals surface area (Å²) in [6.07, 6.45) is 0.892. The third kappa shape index (κ3) is 7.83. The Morgan fingerprint density at radius 3 is 2.41 bits per heavy atom. The molecule has 2 aromatic rings. The summed E-state index contributed by atoms with van der Waals surface area (Å²) >= 11 is 0. The van der Waals surface area contributed by atoms with Crippen LogP contribution >= 0.6 is 24.0 Å². The Hall–Kier alpha value is -2.04. The number of ether oxygens (including phenoxy) is 3. The van der Waals surface area contributed by atoms with Gasteiger partial charge >= 0.3 is 0 Å². The highest BCUT2D eigenvalue weighted by atomic mass is 127. The van der Waals surface area contributed by atoms with Crippen molar-refractivity contribution in [2.24, 2.45) is 4.99 Å². The largest absolute Gasteiger partial charge is 0.497 e. The minimum Gasteiger partial charge on any atom is -0.497 e. The number of morpholine rings is 1. The Morgan fingerprint density at radius 1 is 1.03 bits per heavy atom. The lowest BCUT2D eigenvalue weighted by atomic mass is 10.0. The lowest BCUT2D eigenvalue weighted by Crippen LogP contribution is -2.46. The minimum atomic E-state index is 0. The summed E-state index contributed by atoms with van der Waals surface area (Å²) in [4.78, 5) is 6.86. The molecule has 2 aromatic carbocycles.